The molecule has 0 fully saturated rings. The van der Waals surface area contributed by atoms with Crippen molar-refractivity contribution in [3.63, 3.8) is 0 Å². The van der Waals surface area contributed by atoms with Crippen LogP contribution in [0.15, 0.2) is 36.0 Å². The van der Waals surface area contributed by atoms with E-state index >= 15 is 0 Å². The average molecular weight is 304 g/mol. The molecular weight excluding hydrogens is 276 g/mol. The van der Waals surface area contributed by atoms with Crippen LogP contribution in [-0.4, -0.2) is 43.6 Å². The zero-order valence-corrected chi connectivity index (χ0v) is 14.0. The number of unbranched alkanes of at least 4 members (excludes halogenated alkanes) is 3. The number of guanidine groups is 1. The second kappa shape index (κ2) is 10.7. The first-order valence-corrected chi connectivity index (χ1v) is 7.73. The van der Waals surface area contributed by atoms with E-state index in [0.717, 1.165) is 30.9 Å². The number of hydrogen-bond donors (Lipinski definition) is 1. The number of allylic oxidation sites excluding steroid dienone is 1. The first-order chi connectivity index (χ1) is 10.7. The summed E-state index contributed by atoms with van der Waals surface area (Å²) in [6.45, 7) is 5.38. The topological polar surface area (TPSA) is 49.8 Å². The number of nitrogens with one attached hydrogen (secondary N) is 1. The molecule has 1 rings (SSSR count). The molecule has 0 saturated carbocycles. The Labute approximate surface area is 134 Å². The molecule has 1 aromatic heterocycles. The second-order valence-electron chi connectivity index (χ2n) is 5.13. The third kappa shape index (κ3) is 6.16. The van der Waals surface area contributed by atoms with Crippen LogP contribution in [0.5, 0.6) is 5.88 Å². The Morgan fingerprint density at radius 3 is 2.95 bits per heavy atom. The molecule has 0 bridgehead atoms. The maximum atomic E-state index is 5.26. The summed E-state index contributed by atoms with van der Waals surface area (Å²) in [7, 11) is 5.50. The fourth-order valence-corrected chi connectivity index (χ4v) is 2.22. The predicted molar refractivity (Wildman–Crippen MR) is 92.3 cm³/mol. The highest BCUT2D eigenvalue weighted by molar-refractivity contribution is 5.79. The third-order valence-electron chi connectivity index (χ3n) is 3.46. The summed E-state index contributed by atoms with van der Waals surface area (Å²) < 4.78 is 5.26. The standard InChI is InChI=1S/C17H28N4O/c1-5-6-7-8-9-13-21(3)17(18-2)20-14-15-11-10-12-19-16(15)22-4/h5,10-12H,1,6-9,13-14H2,2-4H3,(H,18,20). The fraction of sp³-hybridized carbons (Fsp3) is 0.529. The highest BCUT2D eigenvalue weighted by Crippen LogP contribution is 2.13. The van der Waals surface area contributed by atoms with E-state index in [9.17, 15) is 0 Å². The van der Waals surface area contributed by atoms with Gasteiger partial charge in [-0.3, -0.25) is 4.99 Å². The van der Waals surface area contributed by atoms with Gasteiger partial charge >= 0.3 is 0 Å². The van der Waals surface area contributed by atoms with Crippen molar-refractivity contribution in [3.05, 3.63) is 36.5 Å². The molecule has 0 amide bonds. The molecule has 5 heteroatoms. The Kier molecular flexibility index (Phi) is 8.72. The monoisotopic (exact) mass is 304 g/mol. The van der Waals surface area contributed by atoms with Crippen LogP contribution in [-0.2, 0) is 6.54 Å². The molecule has 22 heavy (non-hydrogen) atoms. The minimum atomic E-state index is 0.643. The van der Waals surface area contributed by atoms with Gasteiger partial charge < -0.3 is 15.0 Å². The minimum absolute atomic E-state index is 0.643. The molecule has 0 aromatic carbocycles. The Balaban J connectivity index is 2.42. The van der Waals surface area contributed by atoms with Crippen molar-refractivity contribution < 1.29 is 4.74 Å². The van der Waals surface area contributed by atoms with Crippen LogP contribution in [0.3, 0.4) is 0 Å². The van der Waals surface area contributed by atoms with Gasteiger partial charge in [-0.25, -0.2) is 4.98 Å². The van der Waals surface area contributed by atoms with E-state index in [1.165, 1.54) is 12.8 Å². The van der Waals surface area contributed by atoms with Crippen molar-refractivity contribution in [2.45, 2.75) is 32.2 Å². The lowest BCUT2D eigenvalue weighted by atomic mass is 10.2. The van der Waals surface area contributed by atoms with Crippen molar-refractivity contribution >= 4 is 5.96 Å². The number of hydrogen-bond acceptors (Lipinski definition) is 3. The van der Waals surface area contributed by atoms with Gasteiger partial charge in [0.15, 0.2) is 5.96 Å². The smallest absolute Gasteiger partial charge is 0.218 e. The molecule has 1 heterocycles. The Morgan fingerprint density at radius 2 is 2.27 bits per heavy atom. The predicted octanol–water partition coefficient (Wildman–Crippen LogP) is 2.84. The number of aliphatic imine (C=N–C) groups is 1. The first kappa shape index (κ1) is 18.0. The molecule has 0 unspecified atom stereocenters. The zero-order chi connectivity index (χ0) is 16.2. The summed E-state index contributed by atoms with van der Waals surface area (Å²) in [5, 5.41) is 3.35. The van der Waals surface area contributed by atoms with E-state index in [-0.39, 0.29) is 0 Å². The molecule has 0 aliphatic rings. The van der Waals surface area contributed by atoms with E-state index < -0.39 is 0 Å². The fourth-order valence-electron chi connectivity index (χ4n) is 2.22. The lowest BCUT2D eigenvalue weighted by Gasteiger charge is -2.22. The first-order valence-electron chi connectivity index (χ1n) is 7.73. The van der Waals surface area contributed by atoms with Crippen LogP contribution >= 0.6 is 0 Å². The molecule has 1 N–H and O–H groups in total. The van der Waals surface area contributed by atoms with Gasteiger partial charge in [0.2, 0.25) is 5.88 Å². The summed E-state index contributed by atoms with van der Waals surface area (Å²) in [6, 6.07) is 3.91. The van der Waals surface area contributed by atoms with Gasteiger partial charge in [-0.15, -0.1) is 6.58 Å². The van der Waals surface area contributed by atoms with Gasteiger partial charge in [0, 0.05) is 38.9 Å². The summed E-state index contributed by atoms with van der Waals surface area (Å²) in [6.07, 6.45) is 8.37. The maximum Gasteiger partial charge on any atom is 0.218 e. The van der Waals surface area contributed by atoms with E-state index in [2.05, 4.69) is 33.8 Å². The van der Waals surface area contributed by atoms with Crippen molar-refractivity contribution in [3.8, 4) is 5.88 Å². The van der Waals surface area contributed by atoms with E-state index in [4.69, 9.17) is 4.74 Å². The molecule has 0 spiro atoms. The van der Waals surface area contributed by atoms with Crippen molar-refractivity contribution in [1.82, 2.24) is 15.2 Å². The quantitative estimate of drug-likeness (QED) is 0.330. The Bertz CT molecular complexity index is 473. The van der Waals surface area contributed by atoms with E-state index in [0.29, 0.717) is 12.4 Å². The molecule has 0 atom stereocenters. The van der Waals surface area contributed by atoms with Gasteiger partial charge in [-0.05, 0) is 25.3 Å². The highest BCUT2D eigenvalue weighted by Gasteiger charge is 2.08. The van der Waals surface area contributed by atoms with Gasteiger partial charge in [0.1, 0.15) is 0 Å². The molecule has 5 nitrogen and oxygen atoms in total. The normalized spacial score (nSPS) is 11.1. The molecule has 0 aliphatic heterocycles. The second-order valence-corrected chi connectivity index (χ2v) is 5.13. The van der Waals surface area contributed by atoms with Crippen molar-refractivity contribution in [2.75, 3.05) is 27.7 Å². The number of rotatable bonds is 9. The largest absolute Gasteiger partial charge is 0.481 e. The minimum Gasteiger partial charge on any atom is -0.481 e. The SMILES string of the molecule is C=CCCCCCN(C)C(=NC)NCc1cccnc1OC. The lowest BCUT2D eigenvalue weighted by molar-refractivity contribution is 0.391. The van der Waals surface area contributed by atoms with E-state index in [1.54, 1.807) is 20.4 Å². The van der Waals surface area contributed by atoms with Crippen LogP contribution in [0.2, 0.25) is 0 Å². The van der Waals surface area contributed by atoms with Crippen LogP contribution in [0.4, 0.5) is 0 Å². The van der Waals surface area contributed by atoms with Gasteiger partial charge in [-0.1, -0.05) is 18.6 Å². The molecule has 122 valence electrons. The molecule has 1 aromatic rings. The number of pyridine rings is 1. The summed E-state index contributed by atoms with van der Waals surface area (Å²) in [4.78, 5) is 10.7. The number of methoxy groups -OCH3 is 1. The molecule has 0 saturated heterocycles. The van der Waals surface area contributed by atoms with Crippen LogP contribution in [0.25, 0.3) is 0 Å². The van der Waals surface area contributed by atoms with Crippen LogP contribution < -0.4 is 10.1 Å². The number of ether oxygens (including phenoxy) is 1. The van der Waals surface area contributed by atoms with Gasteiger partial charge in [0.05, 0.1) is 7.11 Å². The van der Waals surface area contributed by atoms with Crippen LogP contribution in [0.1, 0.15) is 31.2 Å². The molecular formula is C17H28N4O. The van der Waals surface area contributed by atoms with Crippen molar-refractivity contribution in [1.29, 1.82) is 0 Å². The number of aromatic nitrogens is 1. The maximum absolute atomic E-state index is 5.26. The highest BCUT2D eigenvalue weighted by atomic mass is 16.5. The zero-order valence-electron chi connectivity index (χ0n) is 14.0. The Hall–Kier alpha value is -2.04. The van der Waals surface area contributed by atoms with Gasteiger partial charge in [-0.2, -0.15) is 0 Å². The summed E-state index contributed by atoms with van der Waals surface area (Å²) >= 11 is 0. The summed E-state index contributed by atoms with van der Waals surface area (Å²) in [5.41, 5.74) is 1.02. The summed E-state index contributed by atoms with van der Waals surface area (Å²) in [5.74, 6) is 1.53. The number of nitrogens with zero attached hydrogens (tertiary/aromatic N) is 3. The van der Waals surface area contributed by atoms with E-state index in [1.807, 2.05) is 18.2 Å². The Morgan fingerprint density at radius 1 is 1.45 bits per heavy atom. The van der Waals surface area contributed by atoms with Crippen LogP contribution in [0, 0.1) is 0 Å². The molecule has 0 radical (unpaired) electrons. The third-order valence-corrected chi connectivity index (χ3v) is 3.46. The average Bonchev–Trinajstić information content (AvgIpc) is 2.55. The lowest BCUT2D eigenvalue weighted by Crippen LogP contribution is -2.39. The van der Waals surface area contributed by atoms with Crippen molar-refractivity contribution in [2.24, 2.45) is 4.99 Å². The van der Waals surface area contributed by atoms with Gasteiger partial charge in [0.25, 0.3) is 0 Å². The molecule has 0 aliphatic carbocycles.